The van der Waals surface area contributed by atoms with E-state index in [4.69, 9.17) is 19.9 Å². The number of methoxy groups -OCH3 is 1. The molecule has 0 atom stereocenters. The molecule has 11 heteroatoms. The van der Waals surface area contributed by atoms with Crippen LogP contribution in [0.4, 0.5) is 22.0 Å². The molecule has 5 rings (SSSR count). The molecule has 2 saturated heterocycles. The predicted octanol–water partition coefficient (Wildman–Crippen LogP) is 4.06. The molecule has 2 aliphatic rings. The molecule has 42 heavy (non-hydrogen) atoms. The molecule has 3 heterocycles. The molecule has 1 aromatic heterocycles. The van der Waals surface area contributed by atoms with Gasteiger partial charge in [-0.05, 0) is 56.7 Å². The molecule has 1 amide bonds. The molecule has 2 aromatic carbocycles. The number of benzene rings is 2. The van der Waals surface area contributed by atoms with Gasteiger partial charge in [0, 0.05) is 64.2 Å². The highest BCUT2D eigenvalue weighted by Crippen LogP contribution is 2.32. The molecule has 2 aliphatic heterocycles. The van der Waals surface area contributed by atoms with Gasteiger partial charge >= 0.3 is 6.09 Å². The Morgan fingerprint density at radius 3 is 2.43 bits per heavy atom. The summed E-state index contributed by atoms with van der Waals surface area (Å²) in [5.41, 5.74) is 10.6. The summed E-state index contributed by atoms with van der Waals surface area (Å²) in [7, 11) is 1.59. The SMILES string of the molecule is COCOc1ccccc1-c1cc(N2CCN(Cc3ccc(NC4CN(C(=O)OC(C)(C)C)C4)cc3)CC2)c(N)nn1. The number of nitrogens with one attached hydrogen (secondary N) is 1. The smallest absolute Gasteiger partial charge is 0.410 e. The molecule has 0 saturated carbocycles. The van der Waals surface area contributed by atoms with Gasteiger partial charge in [0.25, 0.3) is 0 Å². The Balaban J connectivity index is 1.11. The Labute approximate surface area is 247 Å². The molecular weight excluding hydrogens is 534 g/mol. The normalized spacial score (nSPS) is 16.2. The van der Waals surface area contributed by atoms with Gasteiger partial charge in [-0.3, -0.25) is 4.90 Å². The largest absolute Gasteiger partial charge is 0.467 e. The second-order valence-electron chi connectivity index (χ2n) is 11.7. The summed E-state index contributed by atoms with van der Waals surface area (Å²) in [6.45, 7) is 11.5. The van der Waals surface area contributed by atoms with Crippen LogP contribution >= 0.6 is 0 Å². The van der Waals surface area contributed by atoms with Crippen LogP contribution in [0.5, 0.6) is 5.75 Å². The minimum atomic E-state index is -0.474. The van der Waals surface area contributed by atoms with Crippen molar-refractivity contribution in [2.24, 2.45) is 0 Å². The maximum atomic E-state index is 12.2. The highest BCUT2D eigenvalue weighted by Gasteiger charge is 2.33. The minimum Gasteiger partial charge on any atom is -0.467 e. The Morgan fingerprint density at radius 2 is 1.74 bits per heavy atom. The fourth-order valence-corrected chi connectivity index (χ4v) is 5.10. The minimum absolute atomic E-state index is 0.155. The maximum Gasteiger partial charge on any atom is 0.410 e. The number of hydrogen-bond acceptors (Lipinski definition) is 10. The predicted molar refractivity (Wildman–Crippen MR) is 164 cm³/mol. The van der Waals surface area contributed by atoms with Gasteiger partial charge in [0.15, 0.2) is 12.6 Å². The number of rotatable bonds is 9. The van der Waals surface area contributed by atoms with Crippen molar-refractivity contribution >= 4 is 23.3 Å². The average Bonchev–Trinajstić information content (AvgIpc) is 2.94. The van der Waals surface area contributed by atoms with Crippen LogP contribution in [0, 0.1) is 0 Å². The number of carbonyl (C=O) groups is 1. The number of nitrogen functional groups attached to an aromatic ring is 1. The number of ether oxygens (including phenoxy) is 3. The van der Waals surface area contributed by atoms with Crippen molar-refractivity contribution in [2.45, 2.75) is 39.0 Å². The lowest BCUT2D eigenvalue weighted by Gasteiger charge is -2.40. The monoisotopic (exact) mass is 575 g/mol. The van der Waals surface area contributed by atoms with Crippen LogP contribution in [0.1, 0.15) is 26.3 Å². The van der Waals surface area contributed by atoms with Crippen molar-refractivity contribution in [3.8, 4) is 17.0 Å². The van der Waals surface area contributed by atoms with Crippen molar-refractivity contribution in [1.29, 1.82) is 0 Å². The molecule has 11 nitrogen and oxygen atoms in total. The third-order valence-electron chi connectivity index (χ3n) is 7.27. The summed E-state index contributed by atoms with van der Waals surface area (Å²) in [5.74, 6) is 1.11. The summed E-state index contributed by atoms with van der Waals surface area (Å²) < 4.78 is 16.2. The first-order valence-electron chi connectivity index (χ1n) is 14.3. The van der Waals surface area contributed by atoms with E-state index in [9.17, 15) is 4.79 Å². The van der Waals surface area contributed by atoms with E-state index in [2.05, 4.69) is 49.6 Å². The molecule has 2 fully saturated rings. The zero-order valence-corrected chi connectivity index (χ0v) is 24.9. The van der Waals surface area contributed by atoms with Gasteiger partial charge in [0.05, 0.1) is 17.4 Å². The molecule has 0 aliphatic carbocycles. The van der Waals surface area contributed by atoms with Gasteiger partial charge in [-0.1, -0.05) is 24.3 Å². The Morgan fingerprint density at radius 1 is 1.02 bits per heavy atom. The quantitative estimate of drug-likeness (QED) is 0.362. The second-order valence-corrected chi connectivity index (χ2v) is 11.7. The molecule has 3 aromatic rings. The van der Waals surface area contributed by atoms with E-state index >= 15 is 0 Å². The van der Waals surface area contributed by atoms with Gasteiger partial charge in [-0.15, -0.1) is 10.2 Å². The fraction of sp³-hybridized carbons (Fsp3) is 0.452. The van der Waals surface area contributed by atoms with E-state index in [1.54, 1.807) is 12.0 Å². The summed E-state index contributed by atoms with van der Waals surface area (Å²) in [4.78, 5) is 18.6. The van der Waals surface area contributed by atoms with Gasteiger partial charge in [0.1, 0.15) is 11.4 Å². The number of piperazine rings is 1. The fourth-order valence-electron chi connectivity index (χ4n) is 5.10. The third kappa shape index (κ3) is 7.40. The summed E-state index contributed by atoms with van der Waals surface area (Å²) in [5, 5.41) is 12.1. The van der Waals surface area contributed by atoms with Crippen LogP contribution in [-0.2, 0) is 16.0 Å². The molecule has 0 radical (unpaired) electrons. The number of likely N-dealkylation sites (tertiary alicyclic amines) is 1. The van der Waals surface area contributed by atoms with Gasteiger partial charge in [-0.2, -0.15) is 0 Å². The Bertz CT molecular complexity index is 1350. The Kier molecular flexibility index (Phi) is 8.98. The van der Waals surface area contributed by atoms with Crippen molar-refractivity contribution in [3.05, 3.63) is 60.2 Å². The first kappa shape index (κ1) is 29.4. The first-order valence-corrected chi connectivity index (χ1v) is 14.3. The number of carbonyl (C=O) groups excluding carboxylic acids is 1. The van der Waals surface area contributed by atoms with Crippen LogP contribution in [0.2, 0.25) is 0 Å². The zero-order chi connectivity index (χ0) is 29.7. The van der Waals surface area contributed by atoms with E-state index in [-0.39, 0.29) is 18.9 Å². The van der Waals surface area contributed by atoms with Crippen LogP contribution in [0.15, 0.2) is 54.6 Å². The second kappa shape index (κ2) is 12.8. The van der Waals surface area contributed by atoms with Crippen LogP contribution in [0.25, 0.3) is 11.3 Å². The van der Waals surface area contributed by atoms with E-state index in [0.29, 0.717) is 30.4 Å². The van der Waals surface area contributed by atoms with Crippen molar-refractivity contribution < 1.29 is 19.0 Å². The molecule has 3 N–H and O–H groups in total. The molecular formula is C31H41N7O4. The van der Waals surface area contributed by atoms with E-state index in [1.165, 1.54) is 5.56 Å². The van der Waals surface area contributed by atoms with Crippen LogP contribution < -0.4 is 20.7 Å². The Hall–Kier alpha value is -4.09. The lowest BCUT2D eigenvalue weighted by Crippen LogP contribution is -2.57. The van der Waals surface area contributed by atoms with Crippen molar-refractivity contribution in [3.63, 3.8) is 0 Å². The molecule has 0 unspecified atom stereocenters. The number of amides is 1. The highest BCUT2D eigenvalue weighted by molar-refractivity contribution is 5.74. The summed E-state index contributed by atoms with van der Waals surface area (Å²) in [6.07, 6.45) is -0.253. The molecule has 0 bridgehead atoms. The first-order chi connectivity index (χ1) is 20.2. The maximum absolute atomic E-state index is 12.2. The van der Waals surface area contributed by atoms with Gasteiger partial charge < -0.3 is 35.1 Å². The number of nitrogens with zero attached hydrogens (tertiary/aromatic N) is 5. The van der Waals surface area contributed by atoms with Crippen molar-refractivity contribution in [1.82, 2.24) is 20.0 Å². The lowest BCUT2D eigenvalue weighted by atomic mass is 10.1. The van der Waals surface area contributed by atoms with E-state index in [1.807, 2.05) is 51.1 Å². The summed E-state index contributed by atoms with van der Waals surface area (Å²) >= 11 is 0. The number of para-hydroxylation sites is 1. The van der Waals surface area contributed by atoms with Gasteiger partial charge in [-0.25, -0.2) is 4.79 Å². The lowest BCUT2D eigenvalue weighted by molar-refractivity contribution is 0.0105. The van der Waals surface area contributed by atoms with Crippen LogP contribution in [0.3, 0.4) is 0 Å². The van der Waals surface area contributed by atoms with Crippen LogP contribution in [-0.4, -0.2) is 90.9 Å². The number of nitrogens with two attached hydrogens (primary N) is 1. The number of anilines is 3. The zero-order valence-electron chi connectivity index (χ0n) is 24.9. The molecule has 224 valence electrons. The van der Waals surface area contributed by atoms with Crippen molar-refractivity contribution in [2.75, 3.05) is 69.1 Å². The topological polar surface area (TPSA) is 118 Å². The highest BCUT2D eigenvalue weighted by atomic mass is 16.7. The summed E-state index contributed by atoms with van der Waals surface area (Å²) in [6, 6.07) is 18.5. The van der Waals surface area contributed by atoms with E-state index in [0.717, 1.165) is 49.7 Å². The molecule has 0 spiro atoms. The van der Waals surface area contributed by atoms with Gasteiger partial charge in [0.2, 0.25) is 0 Å². The average molecular weight is 576 g/mol. The standard InChI is InChI=1S/C31H41N7O4/c1-31(2,3)42-30(39)38-19-24(20-38)33-23-11-9-22(10-12-23)18-36-13-15-37(16-14-36)27-17-26(34-35-29(27)32)25-7-5-6-8-28(25)41-21-40-4/h5-12,17,24,33H,13-16,18-21H2,1-4H3,(H2,32,35). The van der Waals surface area contributed by atoms with E-state index < -0.39 is 5.60 Å². The third-order valence-corrected chi connectivity index (χ3v) is 7.27. The number of aromatic nitrogens is 2. The number of hydrogen-bond donors (Lipinski definition) is 2.